The molecule has 0 aromatic heterocycles. The van der Waals surface area contributed by atoms with Crippen LogP contribution in [0.25, 0.3) is 6.08 Å². The van der Waals surface area contributed by atoms with Gasteiger partial charge in [-0.1, -0.05) is 18.2 Å². The lowest BCUT2D eigenvalue weighted by Gasteiger charge is -2.14. The van der Waals surface area contributed by atoms with E-state index in [0.717, 1.165) is 5.56 Å². The minimum absolute atomic E-state index is 0.117. The highest BCUT2D eigenvalue weighted by atomic mass is 79.9. The maximum absolute atomic E-state index is 12.4. The predicted octanol–water partition coefficient (Wildman–Crippen LogP) is 4.01. The van der Waals surface area contributed by atoms with E-state index in [2.05, 4.69) is 26.2 Å². The molecular weight excluding hydrogens is 470 g/mol. The minimum Gasteiger partial charge on any atom is -0.493 e. The first kappa shape index (κ1) is 21.9. The number of para-hydroxylation sites is 1. The van der Waals surface area contributed by atoms with E-state index in [-0.39, 0.29) is 18.4 Å². The molecule has 0 aliphatic carbocycles. The summed E-state index contributed by atoms with van der Waals surface area (Å²) in [7, 11) is 4.85. The Morgan fingerprint density at radius 1 is 1.30 bits per heavy atom. The molecule has 1 heterocycles. The van der Waals surface area contributed by atoms with Gasteiger partial charge in [-0.15, -0.1) is 0 Å². The number of hydrogen-bond donors (Lipinski definition) is 1. The number of hydrogen-bond acceptors (Lipinski definition) is 6. The number of rotatable bonds is 6. The number of carbonyl (C=O) groups is 2. The van der Waals surface area contributed by atoms with Crippen LogP contribution in [0.15, 0.2) is 56.8 Å². The Morgan fingerprint density at radius 2 is 2.03 bits per heavy atom. The Morgan fingerprint density at radius 3 is 2.67 bits per heavy atom. The number of ether oxygens (including phenoxy) is 2. The van der Waals surface area contributed by atoms with Crippen LogP contribution in [0, 0.1) is 0 Å². The molecule has 0 unspecified atom stereocenters. The standard InChI is InChI=1S/C21H20BrN3O4S/c1-23-21-25(2)20(27)17(30-21)11-13-9-15(22)19(16(10-13)28-3)29-12-18(26)24-14-7-5-4-6-8-14/h4-11H,12H2,1-3H3,(H,24,26)/b17-11-,23-21?. The highest BCUT2D eigenvalue weighted by Gasteiger charge is 2.29. The summed E-state index contributed by atoms with van der Waals surface area (Å²) in [5, 5.41) is 3.40. The predicted molar refractivity (Wildman–Crippen MR) is 123 cm³/mol. The van der Waals surface area contributed by atoms with Crippen LogP contribution in [0.4, 0.5) is 5.69 Å². The molecule has 1 aliphatic rings. The van der Waals surface area contributed by atoms with E-state index >= 15 is 0 Å². The first-order valence-electron chi connectivity index (χ1n) is 8.92. The Kier molecular flexibility index (Phi) is 7.17. The number of halogens is 1. The van der Waals surface area contributed by atoms with Crippen molar-refractivity contribution in [1.29, 1.82) is 0 Å². The van der Waals surface area contributed by atoms with Crippen LogP contribution in [0.2, 0.25) is 0 Å². The molecular formula is C21H20BrN3O4S. The second-order valence-electron chi connectivity index (χ2n) is 6.22. The number of aliphatic imine (C=N–C) groups is 1. The molecule has 1 aliphatic heterocycles. The summed E-state index contributed by atoms with van der Waals surface area (Å²) in [6.07, 6.45) is 1.76. The van der Waals surface area contributed by atoms with Crippen molar-refractivity contribution in [2.75, 3.05) is 33.1 Å². The number of anilines is 1. The highest BCUT2D eigenvalue weighted by Crippen LogP contribution is 2.39. The molecule has 9 heteroatoms. The maximum atomic E-state index is 12.4. The fourth-order valence-electron chi connectivity index (χ4n) is 2.72. The third-order valence-corrected chi connectivity index (χ3v) is 5.89. The van der Waals surface area contributed by atoms with Crippen LogP contribution in [0.1, 0.15) is 5.56 Å². The molecule has 1 N–H and O–H groups in total. The first-order chi connectivity index (χ1) is 14.4. The molecule has 1 fully saturated rings. The number of nitrogens with zero attached hydrogens (tertiary/aromatic N) is 2. The molecule has 0 spiro atoms. The van der Waals surface area contributed by atoms with Crippen LogP contribution < -0.4 is 14.8 Å². The average molecular weight is 490 g/mol. The van der Waals surface area contributed by atoms with E-state index in [1.165, 1.54) is 23.8 Å². The fourth-order valence-corrected chi connectivity index (χ4v) is 4.22. The lowest BCUT2D eigenvalue weighted by molar-refractivity contribution is -0.121. The highest BCUT2D eigenvalue weighted by molar-refractivity contribution is 9.10. The molecule has 0 atom stereocenters. The van der Waals surface area contributed by atoms with Crippen molar-refractivity contribution in [3.63, 3.8) is 0 Å². The van der Waals surface area contributed by atoms with Crippen molar-refractivity contribution in [2.24, 2.45) is 4.99 Å². The molecule has 2 aromatic rings. The zero-order valence-corrected chi connectivity index (χ0v) is 19.0. The molecule has 2 amide bonds. The van der Waals surface area contributed by atoms with Gasteiger partial charge in [-0.25, -0.2) is 0 Å². The zero-order valence-electron chi connectivity index (χ0n) is 16.6. The summed E-state index contributed by atoms with van der Waals surface area (Å²) < 4.78 is 11.7. The number of amidine groups is 1. The Bertz CT molecular complexity index is 1020. The number of thioether (sulfide) groups is 1. The number of nitrogens with one attached hydrogen (secondary N) is 1. The van der Waals surface area contributed by atoms with Crippen LogP contribution >= 0.6 is 27.7 Å². The summed E-state index contributed by atoms with van der Waals surface area (Å²) in [4.78, 5) is 30.7. The molecule has 156 valence electrons. The van der Waals surface area contributed by atoms with Crippen LogP contribution in [-0.4, -0.2) is 49.7 Å². The summed E-state index contributed by atoms with van der Waals surface area (Å²) in [6.45, 7) is -0.181. The molecule has 3 rings (SSSR count). The van der Waals surface area contributed by atoms with Gasteiger partial charge in [0.05, 0.1) is 16.5 Å². The first-order valence-corrected chi connectivity index (χ1v) is 10.5. The lowest BCUT2D eigenvalue weighted by Crippen LogP contribution is -2.23. The van der Waals surface area contributed by atoms with Crippen molar-refractivity contribution >= 4 is 56.4 Å². The van der Waals surface area contributed by atoms with E-state index in [1.807, 2.05) is 18.2 Å². The van der Waals surface area contributed by atoms with Gasteiger partial charge >= 0.3 is 0 Å². The van der Waals surface area contributed by atoms with Crippen molar-refractivity contribution in [2.45, 2.75) is 0 Å². The van der Waals surface area contributed by atoms with E-state index < -0.39 is 0 Å². The molecule has 0 bridgehead atoms. The van der Waals surface area contributed by atoms with Crippen molar-refractivity contribution < 1.29 is 19.1 Å². The van der Waals surface area contributed by atoms with E-state index in [1.54, 1.807) is 44.4 Å². The third kappa shape index (κ3) is 5.03. The summed E-state index contributed by atoms with van der Waals surface area (Å²) >= 11 is 4.77. The fraction of sp³-hybridized carbons (Fsp3) is 0.190. The largest absolute Gasteiger partial charge is 0.493 e. The normalized spacial score (nSPS) is 16.3. The molecule has 30 heavy (non-hydrogen) atoms. The smallest absolute Gasteiger partial charge is 0.266 e. The van der Waals surface area contributed by atoms with Gasteiger partial charge in [0.15, 0.2) is 23.3 Å². The van der Waals surface area contributed by atoms with E-state index in [9.17, 15) is 9.59 Å². The van der Waals surface area contributed by atoms with E-state index in [4.69, 9.17) is 9.47 Å². The van der Waals surface area contributed by atoms with Gasteiger partial charge in [-0.05, 0) is 63.6 Å². The third-order valence-electron chi connectivity index (χ3n) is 4.15. The lowest BCUT2D eigenvalue weighted by atomic mass is 10.2. The topological polar surface area (TPSA) is 80.2 Å². The van der Waals surface area contributed by atoms with Crippen molar-refractivity contribution in [3.8, 4) is 11.5 Å². The summed E-state index contributed by atoms with van der Waals surface area (Å²) in [5.41, 5.74) is 1.44. The molecule has 0 saturated carbocycles. The van der Waals surface area contributed by atoms with Crippen molar-refractivity contribution in [1.82, 2.24) is 4.90 Å². The monoisotopic (exact) mass is 489 g/mol. The number of likely N-dealkylation sites (N-methyl/N-ethyl adjacent to an activating group) is 1. The second kappa shape index (κ2) is 9.82. The van der Waals surface area contributed by atoms with Gasteiger partial charge in [-0.3, -0.25) is 19.5 Å². The average Bonchev–Trinajstić information content (AvgIpc) is 3.01. The second-order valence-corrected chi connectivity index (χ2v) is 8.08. The Labute approximate surface area is 187 Å². The Balaban J connectivity index is 1.75. The number of amides is 2. The molecule has 0 radical (unpaired) electrons. The van der Waals surface area contributed by atoms with Crippen LogP contribution in [0.3, 0.4) is 0 Å². The minimum atomic E-state index is -0.288. The summed E-state index contributed by atoms with van der Waals surface area (Å²) in [6, 6.07) is 12.7. The zero-order chi connectivity index (χ0) is 21.7. The number of methoxy groups -OCH3 is 1. The van der Waals surface area contributed by atoms with Gasteiger partial charge < -0.3 is 14.8 Å². The number of benzene rings is 2. The van der Waals surface area contributed by atoms with E-state index in [0.29, 0.717) is 31.7 Å². The molecule has 1 saturated heterocycles. The quantitative estimate of drug-likeness (QED) is 0.620. The molecule has 2 aromatic carbocycles. The van der Waals surface area contributed by atoms with Gasteiger partial charge in [0.2, 0.25) is 0 Å². The molecule has 7 nitrogen and oxygen atoms in total. The van der Waals surface area contributed by atoms with Crippen LogP contribution in [-0.2, 0) is 9.59 Å². The van der Waals surface area contributed by atoms with Gasteiger partial charge in [0.25, 0.3) is 11.8 Å². The van der Waals surface area contributed by atoms with Gasteiger partial charge in [-0.2, -0.15) is 0 Å². The maximum Gasteiger partial charge on any atom is 0.266 e. The SMILES string of the molecule is CN=C1S/C(=C\c2cc(Br)c(OCC(=O)Nc3ccccc3)c(OC)c2)C(=O)N1C. The van der Waals surface area contributed by atoms with Crippen molar-refractivity contribution in [3.05, 3.63) is 57.4 Å². The summed E-state index contributed by atoms with van der Waals surface area (Å²) in [5.74, 6) is 0.440. The van der Waals surface area contributed by atoms with Gasteiger partial charge in [0.1, 0.15) is 0 Å². The van der Waals surface area contributed by atoms with Gasteiger partial charge in [0, 0.05) is 19.8 Å². The number of carbonyl (C=O) groups excluding carboxylic acids is 2. The van der Waals surface area contributed by atoms with Crippen LogP contribution in [0.5, 0.6) is 11.5 Å². The Hall–Kier alpha value is -2.78.